The van der Waals surface area contributed by atoms with Crippen LogP contribution >= 0.6 is 0 Å². The van der Waals surface area contributed by atoms with Gasteiger partial charge < -0.3 is 0 Å². The second-order valence-electron chi connectivity index (χ2n) is 10.3. The molecule has 2 aliphatic rings. The van der Waals surface area contributed by atoms with E-state index in [1.165, 1.54) is 77.0 Å². The maximum Gasteiger partial charge on any atom is 0.126 e. The SMILES string of the molecule is CCCCC1CCC(CCC2CC=C(CCc3ccc(CCC)c(F)c3)CC2)CC1. The highest BCUT2D eigenvalue weighted by Gasteiger charge is 2.22. The van der Waals surface area contributed by atoms with Gasteiger partial charge in [0.2, 0.25) is 0 Å². The summed E-state index contributed by atoms with van der Waals surface area (Å²) < 4.78 is 14.2. The van der Waals surface area contributed by atoms with Crippen molar-refractivity contribution in [3.05, 3.63) is 46.8 Å². The summed E-state index contributed by atoms with van der Waals surface area (Å²) in [5, 5.41) is 0. The Labute approximate surface area is 185 Å². The Hall–Kier alpha value is -1.11. The first-order chi connectivity index (χ1) is 14.7. The maximum atomic E-state index is 14.2. The van der Waals surface area contributed by atoms with Crippen molar-refractivity contribution in [1.82, 2.24) is 0 Å². The van der Waals surface area contributed by atoms with E-state index in [2.05, 4.69) is 26.0 Å². The largest absolute Gasteiger partial charge is 0.207 e. The van der Waals surface area contributed by atoms with E-state index in [-0.39, 0.29) is 5.82 Å². The lowest BCUT2D eigenvalue weighted by atomic mass is 9.76. The number of unbranched alkanes of at least 4 members (excludes halogenated alkanes) is 1. The van der Waals surface area contributed by atoms with E-state index in [1.54, 1.807) is 11.6 Å². The van der Waals surface area contributed by atoms with Crippen LogP contribution in [-0.4, -0.2) is 0 Å². The molecule has 1 aromatic carbocycles. The van der Waals surface area contributed by atoms with Crippen molar-refractivity contribution >= 4 is 0 Å². The predicted molar refractivity (Wildman–Crippen MR) is 128 cm³/mol. The molecule has 0 aromatic heterocycles. The molecule has 2 aliphatic carbocycles. The molecule has 1 heteroatoms. The Balaban J connectivity index is 1.33. The summed E-state index contributed by atoms with van der Waals surface area (Å²) in [6, 6.07) is 5.90. The van der Waals surface area contributed by atoms with E-state index >= 15 is 0 Å². The Morgan fingerprint density at radius 3 is 2.17 bits per heavy atom. The van der Waals surface area contributed by atoms with E-state index in [0.717, 1.165) is 54.6 Å². The van der Waals surface area contributed by atoms with Gasteiger partial charge in [-0.3, -0.25) is 0 Å². The lowest BCUT2D eigenvalue weighted by Gasteiger charge is -2.30. The number of benzene rings is 1. The first kappa shape index (κ1) is 23.6. The summed E-state index contributed by atoms with van der Waals surface area (Å²) in [6.07, 6.45) is 23.6. The molecule has 0 aliphatic heterocycles. The van der Waals surface area contributed by atoms with Crippen molar-refractivity contribution in [3.63, 3.8) is 0 Å². The zero-order chi connectivity index (χ0) is 21.2. The Bertz CT molecular complexity index is 650. The van der Waals surface area contributed by atoms with Gasteiger partial charge in [0.05, 0.1) is 0 Å². The maximum absolute atomic E-state index is 14.2. The highest BCUT2D eigenvalue weighted by atomic mass is 19.1. The van der Waals surface area contributed by atoms with E-state index in [0.29, 0.717) is 0 Å². The van der Waals surface area contributed by atoms with Crippen molar-refractivity contribution in [2.24, 2.45) is 17.8 Å². The topological polar surface area (TPSA) is 0 Å². The third-order valence-electron chi connectivity index (χ3n) is 7.90. The molecule has 3 rings (SSSR count). The number of aryl methyl sites for hydroxylation is 2. The fraction of sp³-hybridized carbons (Fsp3) is 0.724. The minimum Gasteiger partial charge on any atom is -0.207 e. The molecular formula is C29H45F. The van der Waals surface area contributed by atoms with Crippen LogP contribution in [0.4, 0.5) is 4.39 Å². The molecule has 0 bridgehead atoms. The molecule has 1 saturated carbocycles. The van der Waals surface area contributed by atoms with Crippen LogP contribution in [0.15, 0.2) is 29.8 Å². The van der Waals surface area contributed by atoms with Gasteiger partial charge in [-0.2, -0.15) is 0 Å². The summed E-state index contributed by atoms with van der Waals surface area (Å²) in [6.45, 7) is 4.43. The van der Waals surface area contributed by atoms with Crippen LogP contribution < -0.4 is 0 Å². The van der Waals surface area contributed by atoms with Gasteiger partial charge >= 0.3 is 0 Å². The zero-order valence-electron chi connectivity index (χ0n) is 19.7. The van der Waals surface area contributed by atoms with Gasteiger partial charge in [0.15, 0.2) is 0 Å². The van der Waals surface area contributed by atoms with Gasteiger partial charge in [-0.1, -0.05) is 95.4 Å². The van der Waals surface area contributed by atoms with Crippen LogP contribution in [0.25, 0.3) is 0 Å². The summed E-state index contributed by atoms with van der Waals surface area (Å²) in [5.74, 6) is 2.96. The van der Waals surface area contributed by atoms with Crippen LogP contribution in [0.3, 0.4) is 0 Å². The lowest BCUT2D eigenvalue weighted by Crippen LogP contribution is -2.16. The van der Waals surface area contributed by atoms with E-state index in [9.17, 15) is 4.39 Å². The number of hydrogen-bond donors (Lipinski definition) is 0. The molecule has 30 heavy (non-hydrogen) atoms. The number of allylic oxidation sites excluding steroid dienone is 2. The van der Waals surface area contributed by atoms with Crippen molar-refractivity contribution < 1.29 is 4.39 Å². The number of hydrogen-bond acceptors (Lipinski definition) is 0. The molecule has 168 valence electrons. The average Bonchev–Trinajstić information content (AvgIpc) is 2.78. The van der Waals surface area contributed by atoms with Gasteiger partial charge in [0, 0.05) is 0 Å². The standard InChI is InChI=1S/C29H45F/c1-3-5-7-23-8-10-24(11-9-23)12-13-25-14-16-26(17-15-25)18-19-27-20-21-28(6-4-2)29(30)22-27/h16,20-25H,3-15,17-19H2,1-2H3. The van der Waals surface area contributed by atoms with Crippen LogP contribution in [0.5, 0.6) is 0 Å². The molecule has 0 N–H and O–H groups in total. The highest BCUT2D eigenvalue weighted by Crippen LogP contribution is 2.37. The second-order valence-corrected chi connectivity index (χ2v) is 10.3. The van der Waals surface area contributed by atoms with Crippen LogP contribution in [-0.2, 0) is 12.8 Å². The first-order valence-corrected chi connectivity index (χ1v) is 13.1. The highest BCUT2D eigenvalue weighted by molar-refractivity contribution is 5.25. The van der Waals surface area contributed by atoms with Crippen LogP contribution in [0.1, 0.15) is 115 Å². The predicted octanol–water partition coefficient (Wildman–Crippen LogP) is 9.21. The quantitative estimate of drug-likeness (QED) is 0.318. The van der Waals surface area contributed by atoms with Gasteiger partial charge in [0.25, 0.3) is 0 Å². The average molecular weight is 413 g/mol. The van der Waals surface area contributed by atoms with Crippen LogP contribution in [0, 0.1) is 23.6 Å². The van der Waals surface area contributed by atoms with E-state index in [1.807, 2.05) is 6.07 Å². The molecule has 0 saturated heterocycles. The molecule has 1 atom stereocenters. The monoisotopic (exact) mass is 412 g/mol. The second kappa shape index (κ2) is 12.7. The van der Waals surface area contributed by atoms with Gasteiger partial charge in [-0.25, -0.2) is 4.39 Å². The molecule has 1 unspecified atom stereocenters. The number of halogens is 1. The van der Waals surface area contributed by atoms with E-state index < -0.39 is 0 Å². The molecule has 0 heterocycles. The molecule has 1 fully saturated rings. The summed E-state index contributed by atoms with van der Waals surface area (Å²) in [5.41, 5.74) is 3.64. The van der Waals surface area contributed by atoms with Crippen molar-refractivity contribution in [2.75, 3.05) is 0 Å². The van der Waals surface area contributed by atoms with E-state index in [4.69, 9.17) is 0 Å². The molecule has 0 spiro atoms. The fourth-order valence-corrected chi connectivity index (χ4v) is 5.73. The summed E-state index contributed by atoms with van der Waals surface area (Å²) in [7, 11) is 0. The van der Waals surface area contributed by atoms with Crippen molar-refractivity contribution in [1.29, 1.82) is 0 Å². The molecule has 0 nitrogen and oxygen atoms in total. The van der Waals surface area contributed by atoms with Gasteiger partial charge in [0.1, 0.15) is 5.82 Å². The van der Waals surface area contributed by atoms with Crippen molar-refractivity contribution in [3.8, 4) is 0 Å². The molecule has 0 radical (unpaired) electrons. The Morgan fingerprint density at radius 1 is 0.800 bits per heavy atom. The third-order valence-corrected chi connectivity index (χ3v) is 7.90. The van der Waals surface area contributed by atoms with Gasteiger partial charge in [-0.05, 0) is 79.9 Å². The minimum absolute atomic E-state index is 0.00793. The Kier molecular flexibility index (Phi) is 9.95. The molecule has 1 aromatic rings. The lowest BCUT2D eigenvalue weighted by molar-refractivity contribution is 0.235. The number of rotatable bonds is 11. The molecule has 0 amide bonds. The molecular weight excluding hydrogens is 367 g/mol. The van der Waals surface area contributed by atoms with Gasteiger partial charge in [-0.15, -0.1) is 0 Å². The smallest absolute Gasteiger partial charge is 0.126 e. The van der Waals surface area contributed by atoms with Crippen LogP contribution in [0.2, 0.25) is 0 Å². The fourth-order valence-electron chi connectivity index (χ4n) is 5.73. The first-order valence-electron chi connectivity index (χ1n) is 13.1. The summed E-state index contributed by atoms with van der Waals surface area (Å²) >= 11 is 0. The zero-order valence-corrected chi connectivity index (χ0v) is 19.7. The Morgan fingerprint density at radius 2 is 1.53 bits per heavy atom. The third kappa shape index (κ3) is 7.54. The minimum atomic E-state index is -0.00793. The summed E-state index contributed by atoms with van der Waals surface area (Å²) in [4.78, 5) is 0. The normalized spacial score (nSPS) is 24.6. The van der Waals surface area contributed by atoms with Crippen molar-refractivity contribution in [2.45, 2.75) is 117 Å².